The van der Waals surface area contributed by atoms with Gasteiger partial charge in [-0.1, -0.05) is 12.1 Å². The van der Waals surface area contributed by atoms with Crippen LogP contribution in [0, 0.1) is 5.92 Å². The fourth-order valence-corrected chi connectivity index (χ4v) is 3.17. The molecule has 3 rings (SSSR count). The molecule has 0 radical (unpaired) electrons. The first kappa shape index (κ1) is 20.2. The number of amides is 4. The Labute approximate surface area is 157 Å². The van der Waals surface area contributed by atoms with Gasteiger partial charge < -0.3 is 21.1 Å². The zero-order chi connectivity index (χ0) is 18.0. The summed E-state index contributed by atoms with van der Waals surface area (Å²) < 4.78 is 5.29. The Morgan fingerprint density at radius 1 is 1.35 bits per heavy atom. The molecule has 9 heteroatoms. The molecule has 0 aromatic heterocycles. The molecule has 0 saturated carbocycles. The molecule has 2 aliphatic heterocycles. The first-order valence-corrected chi connectivity index (χ1v) is 8.28. The van der Waals surface area contributed by atoms with Gasteiger partial charge in [0.1, 0.15) is 5.54 Å². The minimum atomic E-state index is -1.17. The number of hydrogen-bond donors (Lipinski definition) is 4. The van der Waals surface area contributed by atoms with E-state index in [0.29, 0.717) is 24.5 Å². The Kier molecular flexibility index (Phi) is 6.22. The summed E-state index contributed by atoms with van der Waals surface area (Å²) in [5.41, 5.74) is 6.02. The third kappa shape index (κ3) is 3.98. The molecule has 8 nitrogen and oxygen atoms in total. The van der Waals surface area contributed by atoms with Crippen molar-refractivity contribution in [3.63, 3.8) is 0 Å². The summed E-state index contributed by atoms with van der Waals surface area (Å²) in [7, 11) is 0. The van der Waals surface area contributed by atoms with Crippen LogP contribution in [0.1, 0.15) is 25.3 Å². The lowest BCUT2D eigenvalue weighted by Crippen LogP contribution is -2.44. The molecule has 26 heavy (non-hydrogen) atoms. The maximum absolute atomic E-state index is 12.4. The van der Waals surface area contributed by atoms with Crippen molar-refractivity contribution in [1.29, 1.82) is 0 Å². The van der Waals surface area contributed by atoms with Crippen molar-refractivity contribution in [1.82, 2.24) is 10.6 Å². The number of benzene rings is 1. The smallest absolute Gasteiger partial charge is 0.322 e. The van der Waals surface area contributed by atoms with Crippen LogP contribution >= 0.6 is 12.4 Å². The number of carbonyl (C=O) groups is 3. The number of anilines is 1. The number of imide groups is 1. The largest absolute Gasteiger partial charge is 0.381 e. The normalized spacial score (nSPS) is 24.2. The second kappa shape index (κ2) is 8.03. The second-order valence-corrected chi connectivity index (χ2v) is 6.58. The van der Waals surface area contributed by atoms with Gasteiger partial charge in [-0.25, -0.2) is 4.79 Å². The van der Waals surface area contributed by atoms with Crippen LogP contribution in [0.4, 0.5) is 10.5 Å². The van der Waals surface area contributed by atoms with Crippen molar-refractivity contribution in [2.45, 2.75) is 31.3 Å². The van der Waals surface area contributed by atoms with Crippen LogP contribution in [0.25, 0.3) is 0 Å². The van der Waals surface area contributed by atoms with Crippen LogP contribution in [-0.4, -0.2) is 37.1 Å². The van der Waals surface area contributed by atoms with E-state index >= 15 is 0 Å². The third-order valence-electron chi connectivity index (χ3n) is 4.83. The molecular weight excluding hydrogens is 360 g/mol. The van der Waals surface area contributed by atoms with E-state index in [-0.39, 0.29) is 24.2 Å². The summed E-state index contributed by atoms with van der Waals surface area (Å²) in [6, 6.07) is 5.67. The van der Waals surface area contributed by atoms with Gasteiger partial charge in [0.25, 0.3) is 5.91 Å². The van der Waals surface area contributed by atoms with Crippen LogP contribution in [0.3, 0.4) is 0 Å². The zero-order valence-corrected chi connectivity index (χ0v) is 15.2. The highest BCUT2D eigenvalue weighted by Crippen LogP contribution is 2.27. The molecule has 0 aliphatic carbocycles. The molecule has 4 amide bonds. The highest BCUT2D eigenvalue weighted by atomic mass is 35.5. The number of hydrogen-bond acceptors (Lipinski definition) is 5. The summed E-state index contributed by atoms with van der Waals surface area (Å²) in [6.45, 7) is 2.85. The number of halogens is 1. The minimum Gasteiger partial charge on any atom is -0.381 e. The number of nitrogens with one attached hydrogen (secondary N) is 3. The van der Waals surface area contributed by atoms with Gasteiger partial charge >= 0.3 is 6.03 Å². The van der Waals surface area contributed by atoms with E-state index in [1.54, 1.807) is 31.2 Å². The van der Waals surface area contributed by atoms with Gasteiger partial charge in [-0.05, 0) is 43.4 Å². The molecule has 0 spiro atoms. The topological polar surface area (TPSA) is 123 Å². The fourth-order valence-electron chi connectivity index (χ4n) is 3.17. The van der Waals surface area contributed by atoms with Gasteiger partial charge in [0.15, 0.2) is 0 Å². The van der Waals surface area contributed by atoms with E-state index in [9.17, 15) is 14.4 Å². The van der Waals surface area contributed by atoms with E-state index in [0.717, 1.165) is 12.8 Å². The first-order valence-electron chi connectivity index (χ1n) is 8.28. The maximum atomic E-state index is 12.4. The van der Waals surface area contributed by atoms with Crippen LogP contribution < -0.4 is 21.7 Å². The van der Waals surface area contributed by atoms with E-state index in [1.807, 2.05) is 0 Å². The van der Waals surface area contributed by atoms with E-state index in [2.05, 4.69) is 16.0 Å². The molecule has 2 fully saturated rings. The predicted molar refractivity (Wildman–Crippen MR) is 97.9 cm³/mol. The monoisotopic (exact) mass is 382 g/mol. The van der Waals surface area contributed by atoms with Crippen molar-refractivity contribution < 1.29 is 19.1 Å². The van der Waals surface area contributed by atoms with Crippen molar-refractivity contribution >= 4 is 35.9 Å². The molecule has 2 heterocycles. The molecule has 2 atom stereocenters. The van der Waals surface area contributed by atoms with Crippen molar-refractivity contribution in [2.75, 3.05) is 18.5 Å². The molecule has 2 saturated heterocycles. The Bertz CT molecular complexity index is 708. The van der Waals surface area contributed by atoms with Crippen LogP contribution in [0.2, 0.25) is 0 Å². The average molecular weight is 383 g/mol. The number of carbonyl (C=O) groups excluding carboxylic acids is 3. The zero-order valence-electron chi connectivity index (χ0n) is 14.4. The van der Waals surface area contributed by atoms with Gasteiger partial charge in [-0.3, -0.25) is 14.9 Å². The number of rotatable bonds is 4. The highest BCUT2D eigenvalue weighted by molar-refractivity contribution is 6.07. The summed E-state index contributed by atoms with van der Waals surface area (Å²) in [4.78, 5) is 35.9. The van der Waals surface area contributed by atoms with Gasteiger partial charge in [0, 0.05) is 18.9 Å². The first-order chi connectivity index (χ1) is 11.9. The Hall–Kier alpha value is -2.16. The molecule has 5 N–H and O–H groups in total. The summed E-state index contributed by atoms with van der Waals surface area (Å²) in [5, 5.41) is 7.62. The van der Waals surface area contributed by atoms with Gasteiger partial charge in [0.2, 0.25) is 5.91 Å². The van der Waals surface area contributed by atoms with Gasteiger partial charge in [-0.2, -0.15) is 0 Å². The van der Waals surface area contributed by atoms with Crippen molar-refractivity contribution in [2.24, 2.45) is 11.7 Å². The third-order valence-corrected chi connectivity index (χ3v) is 4.83. The second-order valence-electron chi connectivity index (χ2n) is 6.58. The van der Waals surface area contributed by atoms with E-state index in [4.69, 9.17) is 10.5 Å². The fraction of sp³-hybridized carbons (Fsp3) is 0.471. The Morgan fingerprint density at radius 2 is 2.04 bits per heavy atom. The van der Waals surface area contributed by atoms with E-state index in [1.165, 1.54) is 0 Å². The highest BCUT2D eigenvalue weighted by Gasteiger charge is 2.43. The summed E-state index contributed by atoms with van der Waals surface area (Å²) >= 11 is 0. The lowest BCUT2D eigenvalue weighted by molar-refractivity contribution is -0.123. The minimum absolute atomic E-state index is 0. The van der Waals surface area contributed by atoms with Crippen LogP contribution in [0.5, 0.6) is 0 Å². The molecule has 2 aliphatic rings. The lowest BCUT2D eigenvalue weighted by atomic mass is 9.91. The number of ether oxygens (including phenoxy) is 1. The molecule has 142 valence electrons. The molecular formula is C17H23ClN4O4. The van der Waals surface area contributed by atoms with Gasteiger partial charge in [-0.15, -0.1) is 12.4 Å². The molecule has 0 bridgehead atoms. The molecule has 1 aromatic rings. The SMILES string of the molecule is CC1(c2cccc(NC(=O)C(N)C3CCOCC3)c2)NC(=O)NC1=O.Cl. The van der Waals surface area contributed by atoms with Gasteiger partial charge in [0.05, 0.1) is 6.04 Å². The standard InChI is InChI=1S/C17H22N4O4.ClH/c1-17(15(23)20-16(24)21-17)11-3-2-4-12(9-11)19-14(22)13(18)10-5-7-25-8-6-10;/h2-4,9-10,13H,5-8,18H2,1H3,(H,19,22)(H2,20,21,23,24);1H. The van der Waals surface area contributed by atoms with E-state index < -0.39 is 23.5 Å². The Morgan fingerprint density at radius 3 is 2.65 bits per heavy atom. The predicted octanol–water partition coefficient (Wildman–Crippen LogP) is 0.855. The molecule has 2 unspecified atom stereocenters. The van der Waals surface area contributed by atoms with Crippen LogP contribution in [0.15, 0.2) is 24.3 Å². The van der Waals surface area contributed by atoms with Crippen LogP contribution in [-0.2, 0) is 19.9 Å². The Balaban J connectivity index is 0.00000243. The summed E-state index contributed by atoms with van der Waals surface area (Å²) in [6.07, 6.45) is 1.53. The number of urea groups is 1. The maximum Gasteiger partial charge on any atom is 0.322 e. The average Bonchev–Trinajstić information content (AvgIpc) is 2.88. The molecule has 1 aromatic carbocycles. The number of nitrogens with two attached hydrogens (primary N) is 1. The summed E-state index contributed by atoms with van der Waals surface area (Å²) in [5.74, 6) is -0.608. The van der Waals surface area contributed by atoms with Crippen molar-refractivity contribution in [3.8, 4) is 0 Å². The quantitative estimate of drug-likeness (QED) is 0.575. The lowest BCUT2D eigenvalue weighted by Gasteiger charge is -2.27. The van der Waals surface area contributed by atoms with Crippen molar-refractivity contribution in [3.05, 3.63) is 29.8 Å².